The van der Waals surface area contributed by atoms with E-state index in [9.17, 15) is 9.59 Å². The molecule has 1 unspecified atom stereocenters. The quantitative estimate of drug-likeness (QED) is 0.879. The average molecular weight is 327 g/mol. The van der Waals surface area contributed by atoms with Crippen molar-refractivity contribution in [2.24, 2.45) is 5.73 Å². The third-order valence-electron chi connectivity index (χ3n) is 3.81. The van der Waals surface area contributed by atoms with E-state index in [1.54, 1.807) is 35.0 Å². The summed E-state index contributed by atoms with van der Waals surface area (Å²) in [5.41, 5.74) is 6.90. The maximum absolute atomic E-state index is 12.4. The van der Waals surface area contributed by atoms with E-state index < -0.39 is 0 Å². The lowest BCUT2D eigenvalue weighted by molar-refractivity contribution is 0.0748. The van der Waals surface area contributed by atoms with Crippen molar-refractivity contribution in [2.75, 3.05) is 31.6 Å². The van der Waals surface area contributed by atoms with Crippen LogP contribution in [0.3, 0.4) is 0 Å². The number of nitrogens with zero attached hydrogens (tertiary/aromatic N) is 2. The van der Waals surface area contributed by atoms with Crippen LogP contribution in [0.25, 0.3) is 0 Å². The molecule has 1 heterocycles. The van der Waals surface area contributed by atoms with Crippen LogP contribution in [0.2, 0.25) is 0 Å². The van der Waals surface area contributed by atoms with Crippen LogP contribution in [0, 0.1) is 0 Å². The van der Waals surface area contributed by atoms with E-state index in [1.165, 1.54) is 0 Å². The number of nitrogens with two attached hydrogens (primary N) is 1. The van der Waals surface area contributed by atoms with Gasteiger partial charge in [-0.25, -0.2) is 4.79 Å². The lowest BCUT2D eigenvalue weighted by atomic mass is 10.1. The highest BCUT2D eigenvalue weighted by molar-refractivity contribution is 5.98. The number of halogens is 1. The largest absolute Gasteiger partial charge is 0.338 e. The number of urea groups is 1. The first-order valence-electron chi connectivity index (χ1n) is 7.17. The molecule has 1 fully saturated rings. The molecule has 1 aromatic carbocycles. The molecule has 6 nitrogen and oxygen atoms in total. The number of carbonyl (C=O) groups is 2. The molecular weight excluding hydrogens is 304 g/mol. The lowest BCUT2D eigenvalue weighted by Crippen LogP contribution is -2.46. The van der Waals surface area contributed by atoms with E-state index in [4.69, 9.17) is 5.73 Å². The summed E-state index contributed by atoms with van der Waals surface area (Å²) >= 11 is 0. The third-order valence-corrected chi connectivity index (χ3v) is 3.81. The van der Waals surface area contributed by atoms with Gasteiger partial charge in [-0.1, -0.05) is 6.07 Å². The smallest absolute Gasteiger partial charge is 0.321 e. The van der Waals surface area contributed by atoms with Crippen molar-refractivity contribution in [3.05, 3.63) is 29.8 Å². The molecule has 3 N–H and O–H groups in total. The van der Waals surface area contributed by atoms with Gasteiger partial charge in [-0.3, -0.25) is 9.69 Å². The monoisotopic (exact) mass is 326 g/mol. The van der Waals surface area contributed by atoms with E-state index in [1.807, 2.05) is 13.0 Å². The van der Waals surface area contributed by atoms with E-state index in [-0.39, 0.29) is 30.4 Å². The number of amides is 3. The molecule has 22 heavy (non-hydrogen) atoms. The van der Waals surface area contributed by atoms with E-state index in [2.05, 4.69) is 5.32 Å². The Morgan fingerprint density at radius 2 is 2.23 bits per heavy atom. The molecule has 1 saturated heterocycles. The zero-order chi connectivity index (χ0) is 15.4. The van der Waals surface area contributed by atoms with Crippen molar-refractivity contribution in [3.63, 3.8) is 0 Å². The molecule has 122 valence electrons. The van der Waals surface area contributed by atoms with Crippen LogP contribution in [0.5, 0.6) is 0 Å². The molecule has 3 amide bonds. The number of anilines is 1. The van der Waals surface area contributed by atoms with Gasteiger partial charge in [-0.2, -0.15) is 0 Å². The Kier molecular flexibility index (Phi) is 6.64. The van der Waals surface area contributed by atoms with E-state index in [0.29, 0.717) is 25.2 Å². The maximum Gasteiger partial charge on any atom is 0.321 e. The highest BCUT2D eigenvalue weighted by Gasteiger charge is 2.21. The number of carbonyl (C=O) groups excluding carboxylic acids is 2. The number of nitrogens with one attached hydrogen (secondary N) is 1. The molecule has 0 aliphatic carbocycles. The SMILES string of the molecule is CC(CN)N(C)C(=O)c1cccc(N2CCCNC2=O)c1.Cl. The molecule has 1 atom stereocenters. The van der Waals surface area contributed by atoms with Crippen molar-refractivity contribution in [2.45, 2.75) is 19.4 Å². The van der Waals surface area contributed by atoms with Crippen molar-refractivity contribution >= 4 is 30.0 Å². The van der Waals surface area contributed by atoms with Gasteiger partial charge < -0.3 is 16.0 Å². The van der Waals surface area contributed by atoms with Gasteiger partial charge in [0.2, 0.25) is 0 Å². The van der Waals surface area contributed by atoms with Crippen LogP contribution in [-0.4, -0.2) is 49.6 Å². The Labute approximate surface area is 137 Å². The first kappa shape index (κ1) is 18.3. The Morgan fingerprint density at radius 1 is 1.50 bits per heavy atom. The normalized spacial score (nSPS) is 15.6. The molecule has 0 aromatic heterocycles. The summed E-state index contributed by atoms with van der Waals surface area (Å²) in [5, 5.41) is 2.80. The molecule has 2 rings (SSSR count). The Balaban J connectivity index is 0.00000242. The Bertz CT molecular complexity index is 538. The maximum atomic E-state index is 12.4. The van der Waals surface area contributed by atoms with Crippen LogP contribution >= 0.6 is 12.4 Å². The highest BCUT2D eigenvalue weighted by atomic mass is 35.5. The Morgan fingerprint density at radius 3 is 2.86 bits per heavy atom. The first-order valence-corrected chi connectivity index (χ1v) is 7.17. The number of likely N-dealkylation sites (N-methyl/N-ethyl adjacent to an activating group) is 1. The summed E-state index contributed by atoms with van der Waals surface area (Å²) in [5.74, 6) is -0.0905. The average Bonchev–Trinajstić information content (AvgIpc) is 2.53. The minimum Gasteiger partial charge on any atom is -0.338 e. The highest BCUT2D eigenvalue weighted by Crippen LogP contribution is 2.19. The summed E-state index contributed by atoms with van der Waals surface area (Å²) in [7, 11) is 1.74. The fourth-order valence-electron chi connectivity index (χ4n) is 2.24. The summed E-state index contributed by atoms with van der Waals surface area (Å²) < 4.78 is 0. The summed E-state index contributed by atoms with van der Waals surface area (Å²) in [6.07, 6.45) is 0.897. The van der Waals surface area contributed by atoms with Gasteiger partial charge in [-0.05, 0) is 31.5 Å². The predicted molar refractivity (Wildman–Crippen MR) is 89.7 cm³/mol. The van der Waals surface area contributed by atoms with Crippen molar-refractivity contribution in [3.8, 4) is 0 Å². The van der Waals surface area contributed by atoms with Gasteiger partial charge in [0.1, 0.15) is 0 Å². The first-order chi connectivity index (χ1) is 10.0. The third kappa shape index (κ3) is 3.90. The van der Waals surface area contributed by atoms with Crippen LogP contribution in [0.4, 0.5) is 10.5 Å². The second kappa shape index (κ2) is 8.00. The molecule has 0 saturated carbocycles. The van der Waals surface area contributed by atoms with Crippen molar-refractivity contribution < 1.29 is 9.59 Å². The molecule has 0 bridgehead atoms. The minimum atomic E-state index is -0.116. The standard InChI is InChI=1S/C15H22N4O2.ClH/c1-11(10-16)18(2)14(20)12-5-3-6-13(9-12)19-8-4-7-17-15(19)21;/h3,5-6,9,11H,4,7-8,10,16H2,1-2H3,(H,17,21);1H. The molecule has 1 aromatic rings. The minimum absolute atomic E-state index is 0. The van der Waals surface area contributed by atoms with Crippen molar-refractivity contribution in [1.82, 2.24) is 10.2 Å². The molecule has 0 radical (unpaired) electrons. The molecule has 1 aliphatic heterocycles. The summed E-state index contributed by atoms with van der Waals surface area (Å²) in [6, 6.07) is 7.01. The van der Waals surface area contributed by atoms with Gasteiger partial charge in [0.25, 0.3) is 5.91 Å². The molecule has 1 aliphatic rings. The lowest BCUT2D eigenvalue weighted by Gasteiger charge is -2.28. The van der Waals surface area contributed by atoms with E-state index >= 15 is 0 Å². The number of benzene rings is 1. The summed E-state index contributed by atoms with van der Waals surface area (Å²) in [6.45, 7) is 3.68. The van der Waals surface area contributed by atoms with E-state index in [0.717, 1.165) is 12.1 Å². The number of rotatable bonds is 4. The van der Waals surface area contributed by atoms with Crippen molar-refractivity contribution in [1.29, 1.82) is 0 Å². The fourth-order valence-corrected chi connectivity index (χ4v) is 2.24. The van der Waals surface area contributed by atoms with Crippen LogP contribution in [0.1, 0.15) is 23.7 Å². The second-order valence-corrected chi connectivity index (χ2v) is 5.29. The zero-order valence-electron chi connectivity index (χ0n) is 12.9. The molecule has 0 spiro atoms. The van der Waals surface area contributed by atoms with Gasteiger partial charge in [0.05, 0.1) is 0 Å². The van der Waals surface area contributed by atoms with Crippen LogP contribution < -0.4 is 16.0 Å². The second-order valence-electron chi connectivity index (χ2n) is 5.29. The molecular formula is C15H23ClN4O2. The predicted octanol–water partition coefficient (Wildman–Crippen LogP) is 1.45. The fraction of sp³-hybridized carbons (Fsp3) is 0.467. The number of hydrogen-bond acceptors (Lipinski definition) is 3. The van der Waals surface area contributed by atoms with Gasteiger partial charge in [0, 0.05) is 44.0 Å². The Hall–Kier alpha value is -1.79. The van der Waals surface area contributed by atoms with Crippen LogP contribution in [0.15, 0.2) is 24.3 Å². The van der Waals surface area contributed by atoms with Crippen LogP contribution in [-0.2, 0) is 0 Å². The number of hydrogen-bond donors (Lipinski definition) is 2. The zero-order valence-corrected chi connectivity index (χ0v) is 13.7. The van der Waals surface area contributed by atoms with Gasteiger partial charge in [-0.15, -0.1) is 12.4 Å². The van der Waals surface area contributed by atoms with Gasteiger partial charge in [0.15, 0.2) is 0 Å². The van der Waals surface area contributed by atoms with Gasteiger partial charge >= 0.3 is 6.03 Å². The topological polar surface area (TPSA) is 78.7 Å². The molecule has 7 heteroatoms. The summed E-state index contributed by atoms with van der Waals surface area (Å²) in [4.78, 5) is 27.6.